The molecule has 5 heteroatoms. The second kappa shape index (κ2) is 8.55. The van der Waals surface area contributed by atoms with E-state index in [-0.39, 0.29) is 6.03 Å². The van der Waals surface area contributed by atoms with Crippen LogP contribution in [0.1, 0.15) is 24.9 Å². The first kappa shape index (κ1) is 16.5. The van der Waals surface area contributed by atoms with E-state index in [1.165, 1.54) is 5.56 Å². The Hall–Kier alpha value is -1.59. The van der Waals surface area contributed by atoms with Crippen molar-refractivity contribution >= 4 is 11.7 Å². The average Bonchev–Trinajstić information content (AvgIpc) is 2.43. The minimum atomic E-state index is -0.154. The predicted octanol–water partition coefficient (Wildman–Crippen LogP) is 2.04. The summed E-state index contributed by atoms with van der Waals surface area (Å²) in [6, 6.07) is 8.03. The van der Waals surface area contributed by atoms with Crippen LogP contribution in [0, 0.1) is 0 Å². The number of hydrogen-bond acceptors (Lipinski definition) is 3. The van der Waals surface area contributed by atoms with E-state index in [0.29, 0.717) is 12.6 Å². The molecule has 0 radical (unpaired) electrons. The molecule has 20 heavy (non-hydrogen) atoms. The van der Waals surface area contributed by atoms with Crippen molar-refractivity contribution < 1.29 is 4.79 Å². The SMILES string of the molecule is CNC(C)c1ccc(NC(=O)NCCCN(C)C)cc1. The van der Waals surface area contributed by atoms with Crippen LogP contribution in [0.5, 0.6) is 0 Å². The summed E-state index contributed by atoms with van der Waals surface area (Å²) in [5.74, 6) is 0. The topological polar surface area (TPSA) is 56.4 Å². The van der Waals surface area contributed by atoms with Gasteiger partial charge in [-0.1, -0.05) is 12.1 Å². The second-order valence-electron chi connectivity index (χ2n) is 5.17. The van der Waals surface area contributed by atoms with Crippen LogP contribution >= 0.6 is 0 Å². The number of rotatable bonds is 7. The van der Waals surface area contributed by atoms with Gasteiger partial charge in [-0.25, -0.2) is 4.79 Å². The van der Waals surface area contributed by atoms with E-state index >= 15 is 0 Å². The molecule has 0 saturated heterocycles. The molecule has 3 N–H and O–H groups in total. The molecule has 0 bridgehead atoms. The molecule has 0 saturated carbocycles. The zero-order valence-corrected chi connectivity index (χ0v) is 12.9. The standard InChI is InChI=1S/C15H26N4O/c1-12(16-2)13-6-8-14(9-7-13)18-15(20)17-10-5-11-19(3)4/h6-9,12,16H,5,10-11H2,1-4H3,(H2,17,18,20). The first-order chi connectivity index (χ1) is 9.52. The third kappa shape index (κ3) is 6.04. The monoisotopic (exact) mass is 278 g/mol. The Bertz CT molecular complexity index is 403. The highest BCUT2D eigenvalue weighted by Crippen LogP contribution is 2.15. The van der Waals surface area contributed by atoms with Gasteiger partial charge in [0.1, 0.15) is 0 Å². The fourth-order valence-corrected chi connectivity index (χ4v) is 1.79. The molecular formula is C15H26N4O. The van der Waals surface area contributed by atoms with Crippen molar-refractivity contribution in [1.29, 1.82) is 0 Å². The van der Waals surface area contributed by atoms with Crippen molar-refractivity contribution in [2.45, 2.75) is 19.4 Å². The Balaban J connectivity index is 2.35. The molecule has 0 aliphatic carbocycles. The van der Waals surface area contributed by atoms with E-state index in [1.54, 1.807) is 0 Å². The molecule has 1 aromatic rings. The molecule has 0 spiro atoms. The van der Waals surface area contributed by atoms with Crippen LogP contribution in [0.25, 0.3) is 0 Å². The van der Waals surface area contributed by atoms with Crippen LogP contribution in [0.3, 0.4) is 0 Å². The lowest BCUT2D eigenvalue weighted by atomic mass is 10.1. The summed E-state index contributed by atoms with van der Waals surface area (Å²) < 4.78 is 0. The smallest absolute Gasteiger partial charge is 0.319 e. The van der Waals surface area contributed by atoms with Crippen molar-refractivity contribution in [3.63, 3.8) is 0 Å². The van der Waals surface area contributed by atoms with E-state index in [1.807, 2.05) is 45.4 Å². The number of anilines is 1. The maximum atomic E-state index is 11.7. The Kier molecular flexibility index (Phi) is 7.04. The number of nitrogens with zero attached hydrogens (tertiary/aromatic N) is 1. The number of benzene rings is 1. The number of amides is 2. The summed E-state index contributed by atoms with van der Waals surface area (Å²) in [7, 11) is 5.97. The summed E-state index contributed by atoms with van der Waals surface area (Å²) in [6.45, 7) is 3.75. The lowest BCUT2D eigenvalue weighted by molar-refractivity contribution is 0.251. The Labute approximate surface area is 121 Å². The molecule has 5 nitrogen and oxygen atoms in total. The van der Waals surface area contributed by atoms with Crippen LogP contribution in [0.2, 0.25) is 0 Å². The van der Waals surface area contributed by atoms with Gasteiger partial charge in [0.05, 0.1) is 0 Å². The summed E-state index contributed by atoms with van der Waals surface area (Å²) in [5.41, 5.74) is 2.01. The molecule has 1 atom stereocenters. The molecule has 0 aromatic heterocycles. The molecule has 1 aromatic carbocycles. The first-order valence-electron chi connectivity index (χ1n) is 6.99. The molecule has 0 heterocycles. The van der Waals surface area contributed by atoms with Gasteiger partial charge >= 0.3 is 6.03 Å². The average molecular weight is 278 g/mol. The van der Waals surface area contributed by atoms with Crippen molar-refractivity contribution in [1.82, 2.24) is 15.5 Å². The van der Waals surface area contributed by atoms with Gasteiger partial charge in [-0.15, -0.1) is 0 Å². The van der Waals surface area contributed by atoms with Gasteiger partial charge in [0, 0.05) is 18.3 Å². The molecule has 0 aliphatic rings. The van der Waals surface area contributed by atoms with Gasteiger partial charge in [0.25, 0.3) is 0 Å². The summed E-state index contributed by atoms with van der Waals surface area (Å²) in [6.07, 6.45) is 0.943. The van der Waals surface area contributed by atoms with E-state index in [4.69, 9.17) is 0 Å². The highest BCUT2D eigenvalue weighted by molar-refractivity contribution is 5.89. The lowest BCUT2D eigenvalue weighted by Crippen LogP contribution is -2.31. The minimum absolute atomic E-state index is 0.154. The number of carbonyl (C=O) groups is 1. The zero-order chi connectivity index (χ0) is 15.0. The first-order valence-corrected chi connectivity index (χ1v) is 6.99. The largest absolute Gasteiger partial charge is 0.338 e. The molecule has 0 aliphatic heterocycles. The summed E-state index contributed by atoms with van der Waals surface area (Å²) >= 11 is 0. The van der Waals surface area contributed by atoms with Crippen LogP contribution in [-0.4, -0.2) is 45.2 Å². The van der Waals surface area contributed by atoms with Crippen LogP contribution in [0.4, 0.5) is 10.5 Å². The number of carbonyl (C=O) groups excluding carboxylic acids is 1. The zero-order valence-electron chi connectivity index (χ0n) is 12.9. The fourth-order valence-electron chi connectivity index (χ4n) is 1.79. The number of urea groups is 1. The van der Waals surface area contributed by atoms with Gasteiger partial charge < -0.3 is 20.9 Å². The number of hydrogen-bond donors (Lipinski definition) is 3. The van der Waals surface area contributed by atoms with Crippen molar-refractivity contribution in [2.24, 2.45) is 0 Å². The van der Waals surface area contributed by atoms with Crippen LogP contribution in [0.15, 0.2) is 24.3 Å². The second-order valence-corrected chi connectivity index (χ2v) is 5.17. The maximum Gasteiger partial charge on any atom is 0.319 e. The minimum Gasteiger partial charge on any atom is -0.338 e. The summed E-state index contributed by atoms with van der Waals surface area (Å²) in [4.78, 5) is 13.8. The fraction of sp³-hybridized carbons (Fsp3) is 0.533. The van der Waals surface area contributed by atoms with Crippen molar-refractivity contribution in [3.8, 4) is 0 Å². The van der Waals surface area contributed by atoms with E-state index in [2.05, 4.69) is 27.8 Å². The normalized spacial score (nSPS) is 12.2. The van der Waals surface area contributed by atoms with Crippen LogP contribution in [-0.2, 0) is 0 Å². The van der Waals surface area contributed by atoms with E-state index in [0.717, 1.165) is 18.7 Å². The van der Waals surface area contributed by atoms with Crippen molar-refractivity contribution in [2.75, 3.05) is 39.5 Å². The highest BCUT2D eigenvalue weighted by Gasteiger charge is 2.04. The van der Waals surface area contributed by atoms with Gasteiger partial charge in [-0.2, -0.15) is 0 Å². The van der Waals surface area contributed by atoms with Gasteiger partial charge in [-0.3, -0.25) is 0 Å². The van der Waals surface area contributed by atoms with Crippen LogP contribution < -0.4 is 16.0 Å². The molecular weight excluding hydrogens is 252 g/mol. The van der Waals surface area contributed by atoms with Gasteiger partial charge in [-0.05, 0) is 58.7 Å². The molecule has 2 amide bonds. The lowest BCUT2D eigenvalue weighted by Gasteiger charge is -2.12. The van der Waals surface area contributed by atoms with E-state index < -0.39 is 0 Å². The quantitative estimate of drug-likeness (QED) is 0.669. The Morgan fingerprint density at radius 2 is 1.90 bits per heavy atom. The van der Waals surface area contributed by atoms with E-state index in [9.17, 15) is 4.79 Å². The molecule has 0 fully saturated rings. The van der Waals surface area contributed by atoms with Crippen molar-refractivity contribution in [3.05, 3.63) is 29.8 Å². The Morgan fingerprint density at radius 1 is 1.25 bits per heavy atom. The number of nitrogens with one attached hydrogen (secondary N) is 3. The Morgan fingerprint density at radius 3 is 2.45 bits per heavy atom. The summed E-state index contributed by atoms with van der Waals surface area (Å²) in [5, 5.41) is 8.86. The third-order valence-electron chi connectivity index (χ3n) is 3.17. The molecule has 1 rings (SSSR count). The highest BCUT2D eigenvalue weighted by atomic mass is 16.2. The van der Waals surface area contributed by atoms with Gasteiger partial charge in [0.15, 0.2) is 0 Å². The molecule has 112 valence electrons. The maximum absolute atomic E-state index is 11.7. The third-order valence-corrected chi connectivity index (χ3v) is 3.17. The van der Waals surface area contributed by atoms with Gasteiger partial charge in [0.2, 0.25) is 0 Å². The predicted molar refractivity (Wildman–Crippen MR) is 84.1 cm³/mol. The molecule has 1 unspecified atom stereocenters.